The molecule has 0 spiro atoms. The molecule has 2 heteroatoms. The second-order valence-electron chi connectivity index (χ2n) is 5.72. The number of carbonyl (C=O) groups excluding carboxylic acids is 1. The molecule has 1 aromatic carbocycles. The van der Waals surface area contributed by atoms with Crippen molar-refractivity contribution in [1.29, 1.82) is 0 Å². The lowest BCUT2D eigenvalue weighted by molar-refractivity contribution is 0.0939. The van der Waals surface area contributed by atoms with E-state index in [0.717, 1.165) is 5.56 Å². The topological polar surface area (TPSA) is 20.3 Å². The van der Waals surface area contributed by atoms with Gasteiger partial charge in [-0.2, -0.15) is 0 Å². The molecule has 1 saturated heterocycles. The van der Waals surface area contributed by atoms with Crippen LogP contribution in [-0.2, 0) is 0 Å². The first-order valence-electron chi connectivity index (χ1n) is 6.90. The number of nitrogens with zero attached hydrogens (tertiary/aromatic N) is 1. The van der Waals surface area contributed by atoms with Crippen molar-refractivity contribution in [3.63, 3.8) is 0 Å². The molecule has 0 saturated carbocycles. The maximum Gasteiger partial charge on any atom is 0.165 e. The van der Waals surface area contributed by atoms with Gasteiger partial charge in [-0.3, -0.25) is 4.79 Å². The first-order chi connectivity index (χ1) is 8.58. The Morgan fingerprint density at radius 3 is 2.22 bits per heavy atom. The maximum absolute atomic E-state index is 11.9. The van der Waals surface area contributed by atoms with E-state index in [2.05, 4.69) is 24.1 Å². The first kappa shape index (κ1) is 13.3. The zero-order valence-electron chi connectivity index (χ0n) is 11.6. The first-order valence-corrected chi connectivity index (χ1v) is 6.90. The molecule has 2 rings (SSSR count). The van der Waals surface area contributed by atoms with Crippen LogP contribution in [0.3, 0.4) is 0 Å². The van der Waals surface area contributed by atoms with E-state index in [-0.39, 0.29) is 11.7 Å². The summed E-state index contributed by atoms with van der Waals surface area (Å²) in [6.45, 7) is 6.26. The smallest absolute Gasteiger partial charge is 0.165 e. The molecule has 0 aliphatic carbocycles. The molecule has 1 aliphatic heterocycles. The molecule has 0 atom stereocenters. The minimum atomic E-state index is 0.0826. The fourth-order valence-electron chi connectivity index (χ4n) is 2.59. The number of Topliss-reactive ketones (excluding diaryl/α,β-unsaturated/α-hetero) is 1. The highest BCUT2D eigenvalue weighted by molar-refractivity contribution is 5.97. The Morgan fingerprint density at radius 1 is 1.17 bits per heavy atom. The minimum Gasteiger partial charge on any atom is -0.306 e. The molecule has 18 heavy (non-hydrogen) atoms. The summed E-state index contributed by atoms with van der Waals surface area (Å²) in [5, 5.41) is 0. The predicted molar refractivity (Wildman–Crippen MR) is 75.1 cm³/mol. The number of carbonyl (C=O) groups is 1. The van der Waals surface area contributed by atoms with E-state index in [9.17, 15) is 4.79 Å². The van der Waals surface area contributed by atoms with E-state index in [0.29, 0.717) is 5.92 Å². The Kier molecular flexibility index (Phi) is 4.18. The van der Waals surface area contributed by atoms with Gasteiger partial charge in [0.25, 0.3) is 0 Å². The number of rotatable bonds is 3. The Labute approximate surface area is 110 Å². The highest BCUT2D eigenvalue weighted by Gasteiger charge is 2.18. The van der Waals surface area contributed by atoms with Crippen molar-refractivity contribution in [2.24, 2.45) is 5.92 Å². The molecule has 0 aromatic heterocycles. The number of ketones is 1. The summed E-state index contributed by atoms with van der Waals surface area (Å²) < 4.78 is 0. The molecule has 1 heterocycles. The third kappa shape index (κ3) is 2.99. The van der Waals surface area contributed by atoms with Crippen molar-refractivity contribution >= 4 is 5.78 Å². The van der Waals surface area contributed by atoms with E-state index < -0.39 is 0 Å². The molecular weight excluding hydrogens is 222 g/mol. The van der Waals surface area contributed by atoms with Crippen molar-refractivity contribution in [3.8, 4) is 0 Å². The van der Waals surface area contributed by atoms with Gasteiger partial charge in [-0.15, -0.1) is 0 Å². The van der Waals surface area contributed by atoms with Gasteiger partial charge >= 0.3 is 0 Å². The van der Waals surface area contributed by atoms with Gasteiger partial charge < -0.3 is 4.90 Å². The molecule has 0 unspecified atom stereocenters. The van der Waals surface area contributed by atoms with E-state index >= 15 is 0 Å². The van der Waals surface area contributed by atoms with E-state index in [1.165, 1.54) is 31.5 Å². The van der Waals surface area contributed by atoms with Gasteiger partial charge in [0.1, 0.15) is 0 Å². The van der Waals surface area contributed by atoms with Gasteiger partial charge in [-0.05, 0) is 44.5 Å². The van der Waals surface area contributed by atoms with Gasteiger partial charge in [0, 0.05) is 11.5 Å². The number of likely N-dealkylation sites (tertiary alicyclic amines) is 1. The van der Waals surface area contributed by atoms with Crippen LogP contribution in [0, 0.1) is 5.92 Å². The third-order valence-corrected chi connectivity index (χ3v) is 3.91. The van der Waals surface area contributed by atoms with Crippen LogP contribution in [0.5, 0.6) is 0 Å². The van der Waals surface area contributed by atoms with E-state index in [1.807, 2.05) is 26.0 Å². The van der Waals surface area contributed by atoms with Crippen LogP contribution in [-0.4, -0.2) is 30.8 Å². The van der Waals surface area contributed by atoms with Crippen LogP contribution in [0.4, 0.5) is 0 Å². The van der Waals surface area contributed by atoms with Crippen LogP contribution < -0.4 is 0 Å². The lowest BCUT2D eigenvalue weighted by atomic mass is 9.88. The number of hydrogen-bond donors (Lipinski definition) is 0. The molecule has 0 radical (unpaired) electrons. The van der Waals surface area contributed by atoms with Gasteiger partial charge in [0.2, 0.25) is 0 Å². The summed E-state index contributed by atoms with van der Waals surface area (Å²) >= 11 is 0. The van der Waals surface area contributed by atoms with Gasteiger partial charge in [-0.1, -0.05) is 38.1 Å². The number of piperidine rings is 1. The molecule has 0 amide bonds. The fraction of sp³-hybridized carbons (Fsp3) is 0.562. The third-order valence-electron chi connectivity index (χ3n) is 3.91. The van der Waals surface area contributed by atoms with Crippen molar-refractivity contribution in [1.82, 2.24) is 4.90 Å². The van der Waals surface area contributed by atoms with E-state index in [4.69, 9.17) is 0 Å². The lowest BCUT2D eigenvalue weighted by Crippen LogP contribution is -2.29. The molecule has 1 aliphatic rings. The maximum atomic E-state index is 11.9. The van der Waals surface area contributed by atoms with Gasteiger partial charge in [0.15, 0.2) is 5.78 Å². The zero-order valence-corrected chi connectivity index (χ0v) is 11.6. The predicted octanol–water partition coefficient (Wildman–Crippen LogP) is 3.33. The normalized spacial score (nSPS) is 18.2. The van der Waals surface area contributed by atoms with Crippen LogP contribution in [0.25, 0.3) is 0 Å². The Morgan fingerprint density at radius 2 is 1.72 bits per heavy atom. The lowest BCUT2D eigenvalue weighted by Gasteiger charge is -2.29. The van der Waals surface area contributed by atoms with Crippen LogP contribution in [0.15, 0.2) is 24.3 Å². The summed E-state index contributed by atoms with van der Waals surface area (Å²) in [6.07, 6.45) is 2.46. The van der Waals surface area contributed by atoms with Crippen LogP contribution in [0.1, 0.15) is 48.5 Å². The molecule has 2 nitrogen and oxygen atoms in total. The Hall–Kier alpha value is -1.15. The molecule has 0 bridgehead atoms. The minimum absolute atomic E-state index is 0.0826. The Bertz CT molecular complexity index is 400. The van der Waals surface area contributed by atoms with Gasteiger partial charge in [0.05, 0.1) is 0 Å². The molecule has 98 valence electrons. The zero-order chi connectivity index (χ0) is 13.1. The average Bonchev–Trinajstić information content (AvgIpc) is 2.39. The van der Waals surface area contributed by atoms with E-state index in [1.54, 1.807) is 0 Å². The SMILES string of the molecule is CC(C)C(=O)c1ccc(C2CCN(C)CC2)cc1. The second-order valence-corrected chi connectivity index (χ2v) is 5.72. The van der Waals surface area contributed by atoms with Crippen LogP contribution >= 0.6 is 0 Å². The summed E-state index contributed by atoms with van der Waals surface area (Å²) in [7, 11) is 2.18. The fourth-order valence-corrected chi connectivity index (χ4v) is 2.59. The number of hydrogen-bond acceptors (Lipinski definition) is 2. The summed E-state index contributed by atoms with van der Waals surface area (Å²) in [5.74, 6) is 0.994. The highest BCUT2D eigenvalue weighted by Crippen LogP contribution is 2.27. The van der Waals surface area contributed by atoms with Gasteiger partial charge in [-0.25, -0.2) is 0 Å². The summed E-state index contributed by atoms with van der Waals surface area (Å²) in [6, 6.07) is 8.28. The highest BCUT2D eigenvalue weighted by atomic mass is 16.1. The van der Waals surface area contributed by atoms with Crippen molar-refractivity contribution in [2.75, 3.05) is 20.1 Å². The second kappa shape index (κ2) is 5.66. The standard InChI is InChI=1S/C16H23NO/c1-12(2)16(18)15-6-4-13(5-7-15)14-8-10-17(3)11-9-14/h4-7,12,14H,8-11H2,1-3H3. The Balaban J connectivity index is 2.06. The molecule has 1 aromatic rings. The van der Waals surface area contributed by atoms with Crippen molar-refractivity contribution < 1.29 is 4.79 Å². The number of benzene rings is 1. The quantitative estimate of drug-likeness (QED) is 0.761. The van der Waals surface area contributed by atoms with Crippen LogP contribution in [0.2, 0.25) is 0 Å². The molecule has 1 fully saturated rings. The largest absolute Gasteiger partial charge is 0.306 e. The monoisotopic (exact) mass is 245 g/mol. The van der Waals surface area contributed by atoms with Crippen molar-refractivity contribution in [2.45, 2.75) is 32.6 Å². The summed E-state index contributed by atoms with van der Waals surface area (Å²) in [5.41, 5.74) is 2.24. The molecule has 0 N–H and O–H groups in total. The molecular formula is C16H23NO. The average molecular weight is 245 g/mol. The van der Waals surface area contributed by atoms with Crippen molar-refractivity contribution in [3.05, 3.63) is 35.4 Å². The summed E-state index contributed by atoms with van der Waals surface area (Å²) in [4.78, 5) is 14.3.